The Bertz CT molecular complexity index is 1050. The predicted molar refractivity (Wildman–Crippen MR) is 104 cm³/mol. The normalized spacial score (nSPS) is 11.3. The first-order chi connectivity index (χ1) is 12.8. The lowest BCUT2D eigenvalue weighted by atomic mass is 10.2. The van der Waals surface area contributed by atoms with Crippen LogP contribution in [-0.2, 0) is 16.6 Å². The van der Waals surface area contributed by atoms with Crippen molar-refractivity contribution < 1.29 is 17.6 Å². The number of carbonyl (C=O) groups excluding carboxylic acids is 1. The molecule has 2 N–H and O–H groups in total. The summed E-state index contributed by atoms with van der Waals surface area (Å²) in [5.41, 5.74) is 0.591. The maximum absolute atomic E-state index is 13.2. The van der Waals surface area contributed by atoms with Crippen LogP contribution in [0, 0.1) is 5.82 Å². The molecule has 0 saturated heterocycles. The van der Waals surface area contributed by atoms with E-state index in [0.717, 1.165) is 10.9 Å². The third kappa shape index (κ3) is 4.92. The van der Waals surface area contributed by atoms with Gasteiger partial charge in [0, 0.05) is 22.7 Å². The van der Waals surface area contributed by atoms with Gasteiger partial charge in [0.05, 0.1) is 9.92 Å². The van der Waals surface area contributed by atoms with Gasteiger partial charge in [-0.25, -0.2) is 17.5 Å². The second-order valence-electron chi connectivity index (χ2n) is 5.51. The topological polar surface area (TPSA) is 75.3 Å². The molecule has 1 amide bonds. The minimum absolute atomic E-state index is 0.0560. The van der Waals surface area contributed by atoms with Crippen molar-refractivity contribution in [2.75, 3.05) is 5.32 Å². The standard InChI is InChI=1S/C18H14ClFN2O3S2/c19-16-10-13(5-8-17(16)20)22-18(23)12-3-6-15(7-4-12)27(24,25)21-11-14-2-1-9-26-14/h1-10,21H,11H2,(H,22,23). The van der Waals surface area contributed by atoms with Gasteiger partial charge in [-0.15, -0.1) is 11.3 Å². The molecule has 9 heteroatoms. The van der Waals surface area contributed by atoms with Crippen molar-refractivity contribution in [1.29, 1.82) is 0 Å². The van der Waals surface area contributed by atoms with E-state index in [-0.39, 0.29) is 22.0 Å². The predicted octanol–water partition coefficient (Wildman–Crippen LogP) is 4.27. The Balaban J connectivity index is 1.68. The fraction of sp³-hybridized carbons (Fsp3) is 0.0556. The Morgan fingerprint density at radius 2 is 1.85 bits per heavy atom. The van der Waals surface area contributed by atoms with Crippen LogP contribution in [0.4, 0.5) is 10.1 Å². The number of nitrogens with one attached hydrogen (secondary N) is 2. The van der Waals surface area contributed by atoms with Crippen molar-refractivity contribution in [3.05, 3.63) is 81.3 Å². The van der Waals surface area contributed by atoms with Gasteiger partial charge in [-0.05, 0) is 53.9 Å². The molecule has 1 heterocycles. The number of rotatable bonds is 6. The number of carbonyl (C=O) groups is 1. The molecule has 0 saturated carbocycles. The second kappa shape index (κ2) is 8.18. The van der Waals surface area contributed by atoms with E-state index in [0.29, 0.717) is 5.69 Å². The van der Waals surface area contributed by atoms with Crippen LogP contribution in [0.1, 0.15) is 15.2 Å². The fourth-order valence-corrected chi connectivity index (χ4v) is 4.15. The summed E-state index contributed by atoms with van der Waals surface area (Å²) in [6.07, 6.45) is 0. The van der Waals surface area contributed by atoms with Crippen LogP contribution in [0.5, 0.6) is 0 Å². The molecule has 27 heavy (non-hydrogen) atoms. The van der Waals surface area contributed by atoms with Gasteiger partial charge in [0.25, 0.3) is 5.91 Å². The first kappa shape index (κ1) is 19.5. The minimum Gasteiger partial charge on any atom is -0.322 e. The average molecular weight is 425 g/mol. The van der Waals surface area contributed by atoms with Crippen LogP contribution < -0.4 is 10.0 Å². The summed E-state index contributed by atoms with van der Waals surface area (Å²) in [5, 5.41) is 4.34. The van der Waals surface area contributed by atoms with Crippen LogP contribution in [0.2, 0.25) is 5.02 Å². The van der Waals surface area contributed by atoms with E-state index < -0.39 is 21.7 Å². The average Bonchev–Trinajstić information content (AvgIpc) is 3.17. The Hall–Kier alpha value is -2.26. The molecule has 0 bridgehead atoms. The highest BCUT2D eigenvalue weighted by Gasteiger charge is 2.15. The number of sulfonamides is 1. The van der Waals surface area contributed by atoms with Crippen LogP contribution >= 0.6 is 22.9 Å². The van der Waals surface area contributed by atoms with E-state index in [1.54, 1.807) is 0 Å². The zero-order valence-corrected chi connectivity index (χ0v) is 16.2. The van der Waals surface area contributed by atoms with Crippen molar-refractivity contribution >= 4 is 44.6 Å². The molecule has 5 nitrogen and oxygen atoms in total. The molecule has 3 aromatic rings. The highest BCUT2D eigenvalue weighted by Crippen LogP contribution is 2.20. The molecule has 0 unspecified atom stereocenters. The number of amides is 1. The SMILES string of the molecule is O=C(Nc1ccc(F)c(Cl)c1)c1ccc(S(=O)(=O)NCc2cccs2)cc1. The summed E-state index contributed by atoms with van der Waals surface area (Å²) in [6, 6.07) is 13.0. The van der Waals surface area contributed by atoms with Crippen molar-refractivity contribution in [2.24, 2.45) is 0 Å². The van der Waals surface area contributed by atoms with Gasteiger partial charge in [-0.1, -0.05) is 17.7 Å². The molecule has 0 spiro atoms. The Labute approximate surface area is 164 Å². The number of benzene rings is 2. The largest absolute Gasteiger partial charge is 0.322 e. The lowest BCUT2D eigenvalue weighted by Gasteiger charge is -2.08. The molecule has 3 rings (SSSR count). The zero-order valence-electron chi connectivity index (χ0n) is 13.8. The van der Waals surface area contributed by atoms with Crippen LogP contribution in [0.3, 0.4) is 0 Å². The summed E-state index contributed by atoms with van der Waals surface area (Å²) >= 11 is 7.14. The summed E-state index contributed by atoms with van der Waals surface area (Å²) in [4.78, 5) is 13.2. The van der Waals surface area contributed by atoms with E-state index in [2.05, 4.69) is 10.0 Å². The van der Waals surface area contributed by atoms with Gasteiger partial charge in [0.15, 0.2) is 0 Å². The smallest absolute Gasteiger partial charge is 0.255 e. The molecule has 0 fully saturated rings. The lowest BCUT2D eigenvalue weighted by molar-refractivity contribution is 0.102. The number of hydrogen-bond donors (Lipinski definition) is 2. The van der Waals surface area contributed by atoms with Crippen LogP contribution in [-0.4, -0.2) is 14.3 Å². The Kier molecular flexibility index (Phi) is 5.91. The molecule has 0 atom stereocenters. The van der Waals surface area contributed by atoms with Gasteiger partial charge >= 0.3 is 0 Å². The molecule has 0 radical (unpaired) electrons. The van der Waals surface area contributed by atoms with Crippen LogP contribution in [0.15, 0.2) is 64.9 Å². The third-order valence-corrected chi connectivity index (χ3v) is 6.20. The zero-order chi connectivity index (χ0) is 19.4. The molecule has 140 valence electrons. The second-order valence-corrected chi connectivity index (χ2v) is 8.72. The highest BCUT2D eigenvalue weighted by atomic mass is 35.5. The molecule has 2 aromatic carbocycles. The first-order valence-corrected chi connectivity index (χ1v) is 10.5. The van der Waals surface area contributed by atoms with Gasteiger partial charge in [-0.3, -0.25) is 4.79 Å². The fourth-order valence-electron chi connectivity index (χ4n) is 2.23. The maximum Gasteiger partial charge on any atom is 0.255 e. The van der Waals surface area contributed by atoms with Crippen molar-refractivity contribution in [1.82, 2.24) is 4.72 Å². The summed E-state index contributed by atoms with van der Waals surface area (Å²) in [5.74, 6) is -1.05. The quantitative estimate of drug-likeness (QED) is 0.620. The van der Waals surface area contributed by atoms with Gasteiger partial charge < -0.3 is 5.32 Å². The van der Waals surface area contributed by atoms with E-state index in [1.807, 2.05) is 17.5 Å². The third-order valence-electron chi connectivity index (χ3n) is 3.62. The minimum atomic E-state index is -3.68. The number of halogens is 2. The van der Waals surface area contributed by atoms with E-state index in [4.69, 9.17) is 11.6 Å². The molecular formula is C18H14ClFN2O3S2. The van der Waals surface area contributed by atoms with E-state index >= 15 is 0 Å². The number of thiophene rings is 1. The number of anilines is 1. The molecule has 0 aliphatic rings. The molecule has 0 aliphatic carbocycles. The molecule has 1 aromatic heterocycles. The van der Waals surface area contributed by atoms with Gasteiger partial charge in [-0.2, -0.15) is 0 Å². The van der Waals surface area contributed by atoms with Crippen molar-refractivity contribution in [3.63, 3.8) is 0 Å². The van der Waals surface area contributed by atoms with Crippen LogP contribution in [0.25, 0.3) is 0 Å². The summed E-state index contributed by atoms with van der Waals surface area (Å²) < 4.78 is 40.3. The van der Waals surface area contributed by atoms with Crippen molar-refractivity contribution in [2.45, 2.75) is 11.4 Å². The first-order valence-electron chi connectivity index (χ1n) is 7.74. The highest BCUT2D eigenvalue weighted by molar-refractivity contribution is 7.89. The summed E-state index contributed by atoms with van der Waals surface area (Å²) in [6.45, 7) is 0.202. The number of hydrogen-bond acceptors (Lipinski definition) is 4. The summed E-state index contributed by atoms with van der Waals surface area (Å²) in [7, 11) is -3.68. The monoisotopic (exact) mass is 424 g/mol. The van der Waals surface area contributed by atoms with Crippen molar-refractivity contribution in [3.8, 4) is 0 Å². The van der Waals surface area contributed by atoms with E-state index in [1.165, 1.54) is 47.7 Å². The Morgan fingerprint density at radius 3 is 2.48 bits per heavy atom. The molecular weight excluding hydrogens is 411 g/mol. The van der Waals surface area contributed by atoms with Gasteiger partial charge in [0.1, 0.15) is 5.82 Å². The Morgan fingerprint density at radius 1 is 1.11 bits per heavy atom. The van der Waals surface area contributed by atoms with E-state index in [9.17, 15) is 17.6 Å². The lowest BCUT2D eigenvalue weighted by Crippen LogP contribution is -2.23. The molecule has 0 aliphatic heterocycles. The van der Waals surface area contributed by atoms with Gasteiger partial charge in [0.2, 0.25) is 10.0 Å². The maximum atomic E-state index is 13.2.